The molecule has 0 spiro atoms. The largest absolute Gasteiger partial charge is 0.390 e. The topological polar surface area (TPSA) is 32.8 Å². The summed E-state index contributed by atoms with van der Waals surface area (Å²) in [6.45, 7) is 0.734. The monoisotopic (exact) mass is 170 g/mol. The van der Waals surface area contributed by atoms with Gasteiger partial charge in [-0.05, 0) is 0 Å². The van der Waals surface area contributed by atoms with Crippen molar-refractivity contribution in [3.8, 4) is 0 Å². The van der Waals surface area contributed by atoms with E-state index in [0.29, 0.717) is 6.42 Å². The Labute approximate surface area is 63.7 Å². The van der Waals surface area contributed by atoms with Crippen LogP contribution in [0.3, 0.4) is 0 Å². The molecule has 54 valence electrons. The third-order valence-electron chi connectivity index (χ3n) is 1.20. The van der Waals surface area contributed by atoms with Crippen LogP contribution in [-0.2, 0) is 4.74 Å². The molecule has 1 aliphatic rings. The highest BCUT2D eigenvalue weighted by Gasteiger charge is 2.28. The van der Waals surface area contributed by atoms with E-state index < -0.39 is 10.9 Å². The average molecular weight is 171 g/mol. The molecular formula is C5H8Cl2O2. The van der Waals surface area contributed by atoms with Crippen molar-refractivity contribution in [3.05, 3.63) is 0 Å². The van der Waals surface area contributed by atoms with Gasteiger partial charge in [-0.15, -0.1) is 23.2 Å². The summed E-state index contributed by atoms with van der Waals surface area (Å²) in [4.78, 5) is -0.686. The maximum Gasteiger partial charge on any atom is 0.133 e. The second-order valence-electron chi connectivity index (χ2n) is 2.09. The first-order valence-electron chi connectivity index (χ1n) is 2.78. The van der Waals surface area contributed by atoms with Crippen molar-refractivity contribution in [2.24, 2.45) is 0 Å². The molecule has 0 aromatic carbocycles. The summed E-state index contributed by atoms with van der Waals surface area (Å²) in [6, 6.07) is 0. The van der Waals surface area contributed by atoms with E-state index in [9.17, 15) is 0 Å². The molecule has 1 heterocycles. The second kappa shape index (κ2) is 3.06. The summed E-state index contributed by atoms with van der Waals surface area (Å²) in [5.74, 6) is 0. The van der Waals surface area contributed by atoms with Crippen molar-refractivity contribution >= 4 is 23.2 Å². The van der Waals surface area contributed by atoms with Gasteiger partial charge in [-0.1, -0.05) is 0 Å². The first-order chi connectivity index (χ1) is 4.20. The van der Waals surface area contributed by atoms with Crippen molar-refractivity contribution in [1.82, 2.24) is 0 Å². The summed E-state index contributed by atoms with van der Waals surface area (Å²) in [6.07, 6.45) is 0.110. The fourth-order valence-corrected chi connectivity index (χ4v) is 0.782. The number of aliphatic hydroxyl groups excluding tert-OH is 1. The lowest BCUT2D eigenvalue weighted by atomic mass is 10.2. The minimum absolute atomic E-state index is 0.194. The van der Waals surface area contributed by atoms with Crippen molar-refractivity contribution in [1.29, 1.82) is 0 Å². The van der Waals surface area contributed by atoms with Gasteiger partial charge in [0.25, 0.3) is 0 Å². The van der Waals surface area contributed by atoms with Crippen LogP contribution in [0.5, 0.6) is 0 Å². The number of hydrogen-bond donors (Lipinski definition) is 1. The summed E-state index contributed by atoms with van der Waals surface area (Å²) < 4.78 is 4.85. The minimum atomic E-state index is -0.686. The van der Waals surface area contributed by atoms with Gasteiger partial charge in [-0.3, -0.25) is 0 Å². The van der Waals surface area contributed by atoms with Gasteiger partial charge in [0.2, 0.25) is 0 Å². The van der Waals surface area contributed by atoms with E-state index in [0.717, 1.165) is 6.61 Å². The van der Waals surface area contributed by atoms with Crippen LogP contribution < -0.4 is 0 Å². The first kappa shape index (κ1) is 7.61. The summed E-state index contributed by atoms with van der Waals surface area (Å²) in [5.41, 5.74) is 0. The van der Waals surface area contributed by atoms with Gasteiger partial charge in [0.05, 0.1) is 18.8 Å². The molecule has 4 heteroatoms. The maximum atomic E-state index is 8.99. The third-order valence-corrected chi connectivity index (χ3v) is 1.78. The summed E-state index contributed by atoms with van der Waals surface area (Å²) in [5, 5.41) is 8.99. The third kappa shape index (κ3) is 2.72. The molecule has 0 unspecified atom stereocenters. The van der Waals surface area contributed by atoms with Gasteiger partial charge in [0, 0.05) is 6.42 Å². The van der Waals surface area contributed by atoms with Crippen LogP contribution >= 0.6 is 23.2 Å². The molecule has 0 amide bonds. The molecule has 9 heavy (non-hydrogen) atoms. The lowest BCUT2D eigenvalue weighted by molar-refractivity contribution is 0.165. The Bertz CT molecular complexity index is 93.0. The number of aliphatic hydroxyl groups is 1. The van der Waals surface area contributed by atoms with E-state index in [1.807, 2.05) is 0 Å². The predicted molar refractivity (Wildman–Crippen MR) is 35.9 cm³/mol. The van der Waals surface area contributed by atoms with E-state index >= 15 is 0 Å². The Morgan fingerprint density at radius 1 is 1.67 bits per heavy atom. The molecule has 1 rings (SSSR count). The number of rotatable bonds is 3. The number of halogens is 2. The smallest absolute Gasteiger partial charge is 0.133 e. The van der Waals surface area contributed by atoms with Gasteiger partial charge in [-0.2, -0.15) is 0 Å². The Kier molecular flexibility index (Phi) is 2.59. The fourth-order valence-electron chi connectivity index (χ4n) is 0.576. The van der Waals surface area contributed by atoms with Crippen LogP contribution in [0.25, 0.3) is 0 Å². The molecule has 0 radical (unpaired) electrons. The van der Waals surface area contributed by atoms with Crippen LogP contribution in [0.4, 0.5) is 0 Å². The predicted octanol–water partition coefficient (Wildman–Crippen LogP) is 0.940. The van der Waals surface area contributed by atoms with Crippen LogP contribution in [0.1, 0.15) is 6.42 Å². The van der Waals surface area contributed by atoms with Crippen LogP contribution in [-0.4, -0.2) is 28.8 Å². The van der Waals surface area contributed by atoms with Gasteiger partial charge in [0.1, 0.15) is 4.84 Å². The van der Waals surface area contributed by atoms with E-state index in [1.165, 1.54) is 0 Å². The highest BCUT2D eigenvalue weighted by atomic mass is 35.5. The van der Waals surface area contributed by atoms with Crippen molar-refractivity contribution in [2.45, 2.75) is 23.5 Å². The van der Waals surface area contributed by atoms with Crippen LogP contribution in [0.15, 0.2) is 0 Å². The summed E-state index contributed by atoms with van der Waals surface area (Å²) in [7, 11) is 0. The van der Waals surface area contributed by atoms with Gasteiger partial charge in [0.15, 0.2) is 0 Å². The second-order valence-corrected chi connectivity index (χ2v) is 3.26. The molecule has 1 fully saturated rings. The SMILES string of the molecule is O[C@@H](C[C@@H]1CO1)C(Cl)Cl. The van der Waals surface area contributed by atoms with E-state index in [4.69, 9.17) is 33.0 Å². The number of alkyl halides is 2. The molecule has 1 aliphatic heterocycles. The van der Waals surface area contributed by atoms with Crippen LogP contribution in [0.2, 0.25) is 0 Å². The molecule has 1 saturated heterocycles. The highest BCUT2D eigenvalue weighted by molar-refractivity contribution is 6.44. The number of hydrogen-bond acceptors (Lipinski definition) is 2. The molecule has 2 atom stereocenters. The molecular weight excluding hydrogens is 163 g/mol. The van der Waals surface area contributed by atoms with Crippen molar-refractivity contribution in [3.63, 3.8) is 0 Å². The molecule has 0 aromatic heterocycles. The zero-order chi connectivity index (χ0) is 6.85. The Morgan fingerprint density at radius 2 is 2.22 bits per heavy atom. The van der Waals surface area contributed by atoms with Gasteiger partial charge in [-0.25, -0.2) is 0 Å². The highest BCUT2D eigenvalue weighted by Crippen LogP contribution is 2.20. The Morgan fingerprint density at radius 3 is 2.56 bits per heavy atom. The Hall–Kier alpha value is 0.500. The standard InChI is InChI=1S/C5H8Cl2O2/c6-5(7)4(8)1-3-2-9-3/h3-5,8H,1-2H2/t3-,4+/m1/s1. The van der Waals surface area contributed by atoms with Gasteiger partial charge >= 0.3 is 0 Å². The molecule has 1 N–H and O–H groups in total. The van der Waals surface area contributed by atoms with Crippen LogP contribution in [0, 0.1) is 0 Å². The minimum Gasteiger partial charge on any atom is -0.390 e. The summed E-state index contributed by atoms with van der Waals surface area (Å²) >= 11 is 10.7. The quantitative estimate of drug-likeness (QED) is 0.506. The number of ether oxygens (including phenoxy) is 1. The van der Waals surface area contributed by atoms with E-state index in [2.05, 4.69) is 0 Å². The van der Waals surface area contributed by atoms with Crippen molar-refractivity contribution < 1.29 is 9.84 Å². The Balaban J connectivity index is 2.09. The lowest BCUT2D eigenvalue weighted by Gasteiger charge is -2.07. The molecule has 0 bridgehead atoms. The lowest BCUT2D eigenvalue weighted by Crippen LogP contribution is -2.17. The van der Waals surface area contributed by atoms with Gasteiger partial charge < -0.3 is 9.84 Å². The number of epoxide rings is 1. The van der Waals surface area contributed by atoms with E-state index in [1.54, 1.807) is 0 Å². The maximum absolute atomic E-state index is 8.99. The van der Waals surface area contributed by atoms with Crippen molar-refractivity contribution in [2.75, 3.05) is 6.61 Å². The molecule has 0 aliphatic carbocycles. The normalized spacial score (nSPS) is 28.7. The zero-order valence-corrected chi connectivity index (χ0v) is 6.27. The zero-order valence-electron chi connectivity index (χ0n) is 4.76. The molecule has 0 saturated carbocycles. The van der Waals surface area contributed by atoms with E-state index in [-0.39, 0.29) is 6.10 Å². The molecule has 2 nitrogen and oxygen atoms in total. The fraction of sp³-hybridized carbons (Fsp3) is 1.00. The average Bonchev–Trinajstić information content (AvgIpc) is 2.50. The first-order valence-corrected chi connectivity index (χ1v) is 3.65. The molecule has 0 aromatic rings.